The molecule has 106 valence electrons. The van der Waals surface area contributed by atoms with E-state index in [0.717, 1.165) is 36.0 Å². The highest BCUT2D eigenvalue weighted by Crippen LogP contribution is 2.39. The van der Waals surface area contributed by atoms with E-state index in [1.165, 1.54) is 16.0 Å². The molecule has 1 aliphatic rings. The van der Waals surface area contributed by atoms with E-state index < -0.39 is 0 Å². The topological polar surface area (TPSA) is 34.1 Å². The van der Waals surface area contributed by atoms with Gasteiger partial charge < -0.3 is 10.1 Å². The first-order valence-corrected chi connectivity index (χ1v) is 7.90. The van der Waals surface area contributed by atoms with Crippen LogP contribution >= 0.6 is 11.3 Å². The minimum atomic E-state index is 0.632. The number of hydrogen-bond acceptors (Lipinski definition) is 4. The fourth-order valence-corrected chi connectivity index (χ4v) is 3.46. The second kappa shape index (κ2) is 5.44. The van der Waals surface area contributed by atoms with Crippen LogP contribution < -0.4 is 10.1 Å². The lowest BCUT2D eigenvalue weighted by Crippen LogP contribution is -2.07. The first-order valence-electron chi connectivity index (χ1n) is 7.08. The lowest BCUT2D eigenvalue weighted by Gasteiger charge is -2.15. The zero-order valence-corrected chi connectivity index (χ0v) is 13.0. The van der Waals surface area contributed by atoms with Crippen molar-refractivity contribution in [3.05, 3.63) is 28.6 Å². The molecule has 0 amide bonds. The average molecular weight is 288 g/mol. The Hall–Kier alpha value is -1.55. The third kappa shape index (κ3) is 2.52. The standard InChI is InChI=1S/C16H20N2OS/c1-10(2)9-17-16-18-15-13-6-5-12(19-3)8-11(13)4-7-14(15)20-16/h5-6,8,10H,4,7,9H2,1-3H3,(H,17,18). The van der Waals surface area contributed by atoms with E-state index in [2.05, 4.69) is 31.3 Å². The average Bonchev–Trinajstić information content (AvgIpc) is 2.87. The molecule has 0 saturated heterocycles. The highest BCUT2D eigenvalue weighted by molar-refractivity contribution is 7.16. The van der Waals surface area contributed by atoms with Crippen LogP contribution in [-0.4, -0.2) is 18.6 Å². The Balaban J connectivity index is 1.91. The van der Waals surface area contributed by atoms with Crippen LogP contribution in [0.3, 0.4) is 0 Å². The molecule has 3 rings (SSSR count). The van der Waals surface area contributed by atoms with Gasteiger partial charge in [0.2, 0.25) is 0 Å². The normalized spacial score (nSPS) is 13.0. The predicted molar refractivity (Wildman–Crippen MR) is 84.8 cm³/mol. The molecule has 1 aromatic carbocycles. The first-order chi connectivity index (χ1) is 9.67. The fourth-order valence-electron chi connectivity index (χ4n) is 2.48. The van der Waals surface area contributed by atoms with Crippen molar-refractivity contribution in [1.29, 1.82) is 0 Å². The van der Waals surface area contributed by atoms with Gasteiger partial charge in [-0.25, -0.2) is 4.98 Å². The first kappa shape index (κ1) is 13.4. The van der Waals surface area contributed by atoms with E-state index in [1.807, 2.05) is 6.07 Å². The number of aryl methyl sites for hydroxylation is 2. The van der Waals surface area contributed by atoms with Crippen LogP contribution in [0.15, 0.2) is 18.2 Å². The molecule has 0 bridgehead atoms. The monoisotopic (exact) mass is 288 g/mol. The van der Waals surface area contributed by atoms with Gasteiger partial charge in [-0.1, -0.05) is 13.8 Å². The molecule has 0 atom stereocenters. The summed E-state index contributed by atoms with van der Waals surface area (Å²) in [6.45, 7) is 5.39. The number of thiazole rings is 1. The van der Waals surface area contributed by atoms with E-state index >= 15 is 0 Å². The van der Waals surface area contributed by atoms with Crippen molar-refractivity contribution in [1.82, 2.24) is 4.98 Å². The Bertz CT molecular complexity index is 619. The molecule has 1 aromatic heterocycles. The molecule has 0 saturated carbocycles. The quantitative estimate of drug-likeness (QED) is 0.924. The summed E-state index contributed by atoms with van der Waals surface area (Å²) in [5, 5.41) is 4.49. The Labute approximate surface area is 124 Å². The molecular weight excluding hydrogens is 268 g/mol. The van der Waals surface area contributed by atoms with Gasteiger partial charge in [0.25, 0.3) is 0 Å². The third-order valence-electron chi connectivity index (χ3n) is 3.55. The molecule has 1 heterocycles. The smallest absolute Gasteiger partial charge is 0.183 e. The molecule has 4 heteroatoms. The van der Waals surface area contributed by atoms with Gasteiger partial charge in [0.1, 0.15) is 5.75 Å². The zero-order valence-electron chi connectivity index (χ0n) is 12.2. The van der Waals surface area contributed by atoms with Crippen LogP contribution in [0.2, 0.25) is 0 Å². The van der Waals surface area contributed by atoms with Crippen molar-refractivity contribution in [2.45, 2.75) is 26.7 Å². The maximum atomic E-state index is 5.31. The number of ether oxygens (including phenoxy) is 1. The van der Waals surface area contributed by atoms with Gasteiger partial charge in [-0.3, -0.25) is 0 Å². The summed E-state index contributed by atoms with van der Waals surface area (Å²) in [5.41, 5.74) is 3.77. The fraction of sp³-hybridized carbons (Fsp3) is 0.438. The van der Waals surface area contributed by atoms with Crippen LogP contribution in [0.25, 0.3) is 11.3 Å². The zero-order chi connectivity index (χ0) is 14.1. The van der Waals surface area contributed by atoms with Crippen molar-refractivity contribution in [3.8, 4) is 17.0 Å². The summed E-state index contributed by atoms with van der Waals surface area (Å²) < 4.78 is 5.31. The molecule has 0 radical (unpaired) electrons. The van der Waals surface area contributed by atoms with Crippen LogP contribution in [0.4, 0.5) is 5.13 Å². The van der Waals surface area contributed by atoms with E-state index in [9.17, 15) is 0 Å². The van der Waals surface area contributed by atoms with E-state index in [4.69, 9.17) is 9.72 Å². The molecule has 1 N–H and O–H groups in total. The SMILES string of the molecule is COc1ccc2c(c1)CCc1sc(NCC(C)C)nc1-2. The number of hydrogen-bond donors (Lipinski definition) is 1. The van der Waals surface area contributed by atoms with Gasteiger partial charge >= 0.3 is 0 Å². The number of methoxy groups -OCH3 is 1. The predicted octanol–water partition coefficient (Wildman–Crippen LogP) is 3.99. The van der Waals surface area contributed by atoms with Crippen LogP contribution in [0, 0.1) is 5.92 Å². The minimum absolute atomic E-state index is 0.632. The summed E-state index contributed by atoms with van der Waals surface area (Å²) in [4.78, 5) is 6.18. The molecule has 1 aliphatic carbocycles. The molecule has 0 aliphatic heterocycles. The second-order valence-corrected chi connectivity index (χ2v) is 6.67. The van der Waals surface area contributed by atoms with Crippen molar-refractivity contribution >= 4 is 16.5 Å². The lowest BCUT2D eigenvalue weighted by atomic mass is 9.93. The number of aromatic nitrogens is 1. The van der Waals surface area contributed by atoms with E-state index in [1.54, 1.807) is 18.4 Å². The number of fused-ring (bicyclic) bond motifs is 3. The summed E-state index contributed by atoms with van der Waals surface area (Å²) in [6.07, 6.45) is 2.15. The van der Waals surface area contributed by atoms with Crippen molar-refractivity contribution in [2.24, 2.45) is 5.92 Å². The number of nitrogens with zero attached hydrogens (tertiary/aromatic N) is 1. The highest BCUT2D eigenvalue weighted by atomic mass is 32.1. The van der Waals surface area contributed by atoms with Crippen LogP contribution in [0.1, 0.15) is 24.3 Å². The molecule has 3 nitrogen and oxygen atoms in total. The molecule has 0 spiro atoms. The van der Waals surface area contributed by atoms with Gasteiger partial charge in [0.05, 0.1) is 12.8 Å². The summed E-state index contributed by atoms with van der Waals surface area (Å²) in [5.74, 6) is 1.56. The Kier molecular flexibility index (Phi) is 3.66. The maximum Gasteiger partial charge on any atom is 0.183 e. The van der Waals surface area contributed by atoms with Gasteiger partial charge in [-0.05, 0) is 42.5 Å². The maximum absolute atomic E-state index is 5.31. The minimum Gasteiger partial charge on any atom is -0.497 e. The largest absolute Gasteiger partial charge is 0.497 e. The van der Waals surface area contributed by atoms with Gasteiger partial charge in [0.15, 0.2) is 5.13 Å². The van der Waals surface area contributed by atoms with Gasteiger partial charge in [-0.15, -0.1) is 11.3 Å². The number of benzene rings is 1. The molecule has 0 unspecified atom stereocenters. The van der Waals surface area contributed by atoms with E-state index in [0.29, 0.717) is 5.92 Å². The summed E-state index contributed by atoms with van der Waals surface area (Å²) in [6, 6.07) is 6.30. The molecular formula is C16H20N2OS. The van der Waals surface area contributed by atoms with Crippen LogP contribution in [0.5, 0.6) is 5.75 Å². The van der Waals surface area contributed by atoms with Gasteiger partial charge in [0, 0.05) is 17.0 Å². The number of nitrogens with one attached hydrogen (secondary N) is 1. The number of anilines is 1. The third-order valence-corrected chi connectivity index (χ3v) is 4.62. The van der Waals surface area contributed by atoms with Crippen LogP contribution in [-0.2, 0) is 12.8 Å². The Morgan fingerprint density at radius 3 is 2.95 bits per heavy atom. The number of rotatable bonds is 4. The van der Waals surface area contributed by atoms with Gasteiger partial charge in [-0.2, -0.15) is 0 Å². The molecule has 20 heavy (non-hydrogen) atoms. The van der Waals surface area contributed by atoms with E-state index in [-0.39, 0.29) is 0 Å². The Morgan fingerprint density at radius 2 is 2.20 bits per heavy atom. The van der Waals surface area contributed by atoms with Crippen molar-refractivity contribution < 1.29 is 4.74 Å². The summed E-state index contributed by atoms with van der Waals surface area (Å²) >= 11 is 1.80. The highest BCUT2D eigenvalue weighted by Gasteiger charge is 2.21. The lowest BCUT2D eigenvalue weighted by molar-refractivity contribution is 0.414. The second-order valence-electron chi connectivity index (χ2n) is 5.59. The van der Waals surface area contributed by atoms with Crippen molar-refractivity contribution in [2.75, 3.05) is 19.0 Å². The Morgan fingerprint density at radius 1 is 1.35 bits per heavy atom. The molecule has 2 aromatic rings. The van der Waals surface area contributed by atoms with Crippen molar-refractivity contribution in [3.63, 3.8) is 0 Å². The summed E-state index contributed by atoms with van der Waals surface area (Å²) in [7, 11) is 1.72. The molecule has 0 fully saturated rings.